The van der Waals surface area contributed by atoms with E-state index in [0.717, 1.165) is 19.3 Å². The van der Waals surface area contributed by atoms with Gasteiger partial charge in [-0.3, -0.25) is 30.6 Å². The van der Waals surface area contributed by atoms with E-state index < -0.39 is 22.8 Å². The highest BCUT2D eigenvalue weighted by atomic mass is 16.6. The van der Waals surface area contributed by atoms with Gasteiger partial charge in [-0.25, -0.2) is 0 Å². The van der Waals surface area contributed by atoms with Crippen molar-refractivity contribution in [2.45, 2.75) is 51.0 Å². The van der Waals surface area contributed by atoms with Crippen molar-refractivity contribution in [3.63, 3.8) is 0 Å². The predicted molar refractivity (Wildman–Crippen MR) is 75.8 cm³/mol. The highest BCUT2D eigenvalue weighted by Gasteiger charge is 2.56. The SMILES string of the molecule is O=C(NNC(=O)C12CC3CC(CC(C3)C1)C2)[C@H]1C[C@@H]1[N+](=O)[O-]. The third kappa shape index (κ3) is 2.18. The summed E-state index contributed by atoms with van der Waals surface area (Å²) in [5, 5.41) is 10.6. The molecule has 0 heterocycles. The summed E-state index contributed by atoms with van der Waals surface area (Å²) in [4.78, 5) is 34.6. The highest BCUT2D eigenvalue weighted by Crippen LogP contribution is 2.60. The van der Waals surface area contributed by atoms with Crippen molar-refractivity contribution in [2.75, 3.05) is 0 Å². The Hall–Kier alpha value is -1.66. The number of rotatable bonds is 3. The first kappa shape index (κ1) is 14.0. The minimum absolute atomic E-state index is 0.0850. The normalized spacial score (nSPS) is 44.5. The third-order valence-corrected chi connectivity index (χ3v) is 6.18. The van der Waals surface area contributed by atoms with Gasteiger partial charge in [0.25, 0.3) is 0 Å². The Labute approximate surface area is 128 Å². The maximum absolute atomic E-state index is 12.6. The molecule has 7 nitrogen and oxygen atoms in total. The van der Waals surface area contributed by atoms with Crippen LogP contribution in [0.15, 0.2) is 0 Å². The molecule has 5 aliphatic carbocycles. The van der Waals surface area contributed by atoms with Crippen LogP contribution in [0, 0.1) is 39.2 Å². The summed E-state index contributed by atoms with van der Waals surface area (Å²) < 4.78 is 0. The molecule has 0 aromatic carbocycles. The summed E-state index contributed by atoms with van der Waals surface area (Å²) in [7, 11) is 0. The minimum Gasteiger partial charge on any atom is -0.273 e. The first-order chi connectivity index (χ1) is 10.5. The summed E-state index contributed by atoms with van der Waals surface area (Å²) in [6, 6.07) is -0.781. The molecule has 0 spiro atoms. The Morgan fingerprint density at radius 2 is 1.50 bits per heavy atom. The molecular formula is C15H21N3O4. The predicted octanol–water partition coefficient (Wildman–Crippen LogP) is 1.02. The summed E-state index contributed by atoms with van der Waals surface area (Å²) in [6.07, 6.45) is 6.83. The quantitative estimate of drug-likeness (QED) is 0.600. The monoisotopic (exact) mass is 307 g/mol. The zero-order valence-electron chi connectivity index (χ0n) is 12.4. The summed E-state index contributed by atoms with van der Waals surface area (Å²) >= 11 is 0. The molecule has 0 aromatic heterocycles. The van der Waals surface area contributed by atoms with Gasteiger partial charge in [-0.1, -0.05) is 0 Å². The molecule has 22 heavy (non-hydrogen) atoms. The number of carbonyl (C=O) groups is 2. The number of nitrogens with zero attached hydrogens (tertiary/aromatic N) is 1. The molecule has 0 aromatic rings. The second-order valence-electron chi connectivity index (χ2n) is 7.84. The molecule has 2 N–H and O–H groups in total. The number of amides is 2. The van der Waals surface area contributed by atoms with Crippen molar-refractivity contribution in [3.05, 3.63) is 10.1 Å². The molecule has 5 saturated carbocycles. The Morgan fingerprint density at radius 3 is 1.95 bits per heavy atom. The van der Waals surface area contributed by atoms with E-state index >= 15 is 0 Å². The van der Waals surface area contributed by atoms with Gasteiger partial charge in [0.15, 0.2) is 0 Å². The van der Waals surface area contributed by atoms with Gasteiger partial charge >= 0.3 is 0 Å². The molecule has 0 unspecified atom stereocenters. The molecule has 5 fully saturated rings. The lowest BCUT2D eigenvalue weighted by atomic mass is 9.49. The first-order valence-electron chi connectivity index (χ1n) is 8.20. The summed E-state index contributed by atoms with van der Waals surface area (Å²) in [6.45, 7) is 0. The minimum atomic E-state index is -0.781. The fraction of sp³-hybridized carbons (Fsp3) is 0.867. The first-order valence-corrected chi connectivity index (χ1v) is 8.20. The number of hydrogen-bond donors (Lipinski definition) is 2. The number of hydrogen-bond acceptors (Lipinski definition) is 4. The number of nitrogens with one attached hydrogen (secondary N) is 2. The highest BCUT2D eigenvalue weighted by molar-refractivity contribution is 5.88. The molecule has 5 rings (SSSR count). The van der Waals surface area contributed by atoms with Crippen molar-refractivity contribution in [3.8, 4) is 0 Å². The van der Waals surface area contributed by atoms with E-state index in [2.05, 4.69) is 10.9 Å². The molecule has 7 heteroatoms. The van der Waals surface area contributed by atoms with Crippen molar-refractivity contribution in [2.24, 2.45) is 29.1 Å². The molecule has 0 saturated heterocycles. The molecule has 0 radical (unpaired) electrons. The van der Waals surface area contributed by atoms with Crippen LogP contribution in [0.25, 0.3) is 0 Å². The van der Waals surface area contributed by atoms with Crippen LogP contribution in [0.2, 0.25) is 0 Å². The summed E-state index contributed by atoms with van der Waals surface area (Å²) in [5.74, 6) is 0.879. The Morgan fingerprint density at radius 1 is 0.955 bits per heavy atom. The van der Waals surface area contributed by atoms with E-state index in [0.29, 0.717) is 17.8 Å². The average Bonchev–Trinajstić information content (AvgIpc) is 3.23. The van der Waals surface area contributed by atoms with E-state index in [-0.39, 0.29) is 17.7 Å². The van der Waals surface area contributed by atoms with Gasteiger partial charge in [0, 0.05) is 11.3 Å². The van der Waals surface area contributed by atoms with E-state index in [4.69, 9.17) is 0 Å². The van der Waals surface area contributed by atoms with Gasteiger partial charge in [0.1, 0.15) is 5.92 Å². The zero-order valence-corrected chi connectivity index (χ0v) is 12.4. The molecule has 5 aliphatic rings. The molecule has 120 valence electrons. The average molecular weight is 307 g/mol. The van der Waals surface area contributed by atoms with Gasteiger partial charge in [-0.05, 0) is 56.3 Å². The maximum atomic E-state index is 12.6. The topological polar surface area (TPSA) is 101 Å². The van der Waals surface area contributed by atoms with Gasteiger partial charge in [-0.2, -0.15) is 0 Å². The van der Waals surface area contributed by atoms with Crippen LogP contribution in [-0.4, -0.2) is 22.8 Å². The largest absolute Gasteiger partial charge is 0.273 e. The van der Waals surface area contributed by atoms with Crippen LogP contribution < -0.4 is 10.9 Å². The van der Waals surface area contributed by atoms with E-state index in [1.165, 1.54) is 19.3 Å². The van der Waals surface area contributed by atoms with Crippen LogP contribution >= 0.6 is 0 Å². The van der Waals surface area contributed by atoms with Crippen molar-refractivity contribution in [1.82, 2.24) is 10.9 Å². The molecule has 2 amide bonds. The Kier molecular flexibility index (Phi) is 2.96. The van der Waals surface area contributed by atoms with Crippen LogP contribution in [0.4, 0.5) is 0 Å². The van der Waals surface area contributed by atoms with E-state index in [9.17, 15) is 19.7 Å². The molecular weight excluding hydrogens is 286 g/mol. The van der Waals surface area contributed by atoms with Crippen molar-refractivity contribution >= 4 is 11.8 Å². The lowest BCUT2D eigenvalue weighted by molar-refractivity contribution is -0.497. The van der Waals surface area contributed by atoms with Crippen LogP contribution in [0.1, 0.15) is 44.9 Å². The van der Waals surface area contributed by atoms with Gasteiger partial charge in [-0.15, -0.1) is 0 Å². The van der Waals surface area contributed by atoms with Crippen LogP contribution in [-0.2, 0) is 9.59 Å². The number of nitro groups is 1. The second kappa shape index (κ2) is 4.67. The molecule has 4 bridgehead atoms. The lowest BCUT2D eigenvalue weighted by Crippen LogP contribution is -2.57. The zero-order chi connectivity index (χ0) is 15.5. The number of carbonyl (C=O) groups excluding carboxylic acids is 2. The van der Waals surface area contributed by atoms with E-state index in [1.54, 1.807) is 0 Å². The Balaban J connectivity index is 1.35. The standard InChI is InChI=1S/C15H21N3O4/c19-13(11-4-12(11)18(21)22)16-17-14(20)15-5-8-1-9(6-15)3-10(2-8)7-15/h8-12H,1-7H2,(H,16,19)(H,17,20)/t8?,9?,10?,11-,12-,15?/m0/s1. The van der Waals surface area contributed by atoms with Gasteiger partial charge < -0.3 is 0 Å². The lowest BCUT2D eigenvalue weighted by Gasteiger charge is -2.55. The van der Waals surface area contributed by atoms with E-state index in [1.807, 2.05) is 0 Å². The van der Waals surface area contributed by atoms with Gasteiger partial charge in [0.05, 0.1) is 5.41 Å². The third-order valence-electron chi connectivity index (χ3n) is 6.18. The maximum Gasteiger partial charge on any atom is 0.248 e. The molecule has 0 aliphatic heterocycles. The Bertz CT molecular complexity index is 512. The summed E-state index contributed by atoms with van der Waals surface area (Å²) in [5.41, 5.74) is 4.66. The number of hydrazine groups is 1. The van der Waals surface area contributed by atoms with Crippen LogP contribution in [0.3, 0.4) is 0 Å². The van der Waals surface area contributed by atoms with Crippen molar-refractivity contribution in [1.29, 1.82) is 0 Å². The molecule has 2 atom stereocenters. The van der Waals surface area contributed by atoms with Crippen LogP contribution in [0.5, 0.6) is 0 Å². The van der Waals surface area contributed by atoms with Crippen molar-refractivity contribution < 1.29 is 14.5 Å². The second-order valence-corrected chi connectivity index (χ2v) is 7.84. The van der Waals surface area contributed by atoms with Gasteiger partial charge in [0.2, 0.25) is 17.9 Å². The smallest absolute Gasteiger partial charge is 0.248 e. The fourth-order valence-corrected chi connectivity index (χ4v) is 5.43. The fourth-order valence-electron chi connectivity index (χ4n) is 5.43.